The summed E-state index contributed by atoms with van der Waals surface area (Å²) in [6, 6.07) is 8.10. The van der Waals surface area contributed by atoms with Gasteiger partial charge in [-0.2, -0.15) is 0 Å². The minimum absolute atomic E-state index is 0.760. The van der Waals surface area contributed by atoms with Gasteiger partial charge in [-0.25, -0.2) is 4.98 Å². The van der Waals surface area contributed by atoms with E-state index in [1.807, 2.05) is 12.1 Å². The van der Waals surface area contributed by atoms with Gasteiger partial charge in [-0.3, -0.25) is 0 Å². The average molecular weight is 242 g/mol. The first kappa shape index (κ1) is 11.3. The summed E-state index contributed by atoms with van der Waals surface area (Å²) in [4.78, 5) is 4.73. The molecule has 1 aromatic heterocycles. The van der Waals surface area contributed by atoms with Gasteiger partial charge < -0.3 is 9.30 Å². The number of methoxy groups -OCH3 is 1. The van der Waals surface area contributed by atoms with Gasteiger partial charge in [0, 0.05) is 24.7 Å². The van der Waals surface area contributed by atoms with Gasteiger partial charge in [-0.15, -0.1) is 0 Å². The highest BCUT2D eigenvalue weighted by Crippen LogP contribution is 2.25. The smallest absolute Gasteiger partial charge is 0.118 e. The lowest BCUT2D eigenvalue weighted by molar-refractivity contribution is 0.394. The van der Waals surface area contributed by atoms with Gasteiger partial charge in [-0.05, 0) is 36.6 Å². The van der Waals surface area contributed by atoms with Crippen LogP contribution in [0.15, 0.2) is 30.5 Å². The monoisotopic (exact) mass is 242 g/mol. The molecule has 0 spiro atoms. The molecular formula is C15H18N2O. The van der Waals surface area contributed by atoms with Gasteiger partial charge in [0.05, 0.1) is 12.8 Å². The molecule has 0 N–H and O–H groups in total. The Balaban J connectivity index is 1.92. The molecule has 18 heavy (non-hydrogen) atoms. The van der Waals surface area contributed by atoms with E-state index in [1.165, 1.54) is 12.2 Å². The molecule has 1 aromatic carbocycles. The first-order valence-corrected chi connectivity index (χ1v) is 6.47. The van der Waals surface area contributed by atoms with Crippen LogP contribution in [0.5, 0.6) is 5.75 Å². The van der Waals surface area contributed by atoms with Gasteiger partial charge in [0.1, 0.15) is 11.6 Å². The van der Waals surface area contributed by atoms with Gasteiger partial charge >= 0.3 is 0 Å². The Labute approximate surface area is 107 Å². The molecule has 3 nitrogen and oxygen atoms in total. The Kier molecular flexibility index (Phi) is 2.82. The van der Waals surface area contributed by atoms with Crippen LogP contribution in [-0.2, 0) is 13.0 Å². The van der Waals surface area contributed by atoms with E-state index in [1.54, 1.807) is 7.11 Å². The molecule has 94 valence electrons. The van der Waals surface area contributed by atoms with Crippen LogP contribution < -0.4 is 4.74 Å². The van der Waals surface area contributed by atoms with Crippen molar-refractivity contribution < 1.29 is 4.74 Å². The second-order valence-electron chi connectivity index (χ2n) is 5.07. The van der Waals surface area contributed by atoms with Crippen molar-refractivity contribution in [3.8, 4) is 17.0 Å². The lowest BCUT2D eigenvalue weighted by Crippen LogP contribution is -2.17. The summed E-state index contributed by atoms with van der Waals surface area (Å²) in [6.45, 7) is 3.40. The topological polar surface area (TPSA) is 27.1 Å². The van der Waals surface area contributed by atoms with Crippen LogP contribution in [0.2, 0.25) is 0 Å². The lowest BCUT2D eigenvalue weighted by atomic mass is 10.0. The zero-order valence-corrected chi connectivity index (χ0v) is 10.9. The SMILES string of the molecule is COc1ccc(-c2cn3c(n2)CCC(C)C3)cc1. The van der Waals surface area contributed by atoms with Crippen LogP contribution in [0.4, 0.5) is 0 Å². The van der Waals surface area contributed by atoms with E-state index >= 15 is 0 Å². The zero-order chi connectivity index (χ0) is 12.5. The summed E-state index contributed by atoms with van der Waals surface area (Å²) in [5.41, 5.74) is 2.23. The Morgan fingerprint density at radius 3 is 2.78 bits per heavy atom. The van der Waals surface area contributed by atoms with Crippen molar-refractivity contribution in [1.82, 2.24) is 9.55 Å². The van der Waals surface area contributed by atoms with Crippen molar-refractivity contribution in [3.63, 3.8) is 0 Å². The second kappa shape index (κ2) is 4.48. The fraction of sp³-hybridized carbons (Fsp3) is 0.400. The van der Waals surface area contributed by atoms with Crippen molar-refractivity contribution >= 4 is 0 Å². The lowest BCUT2D eigenvalue weighted by Gasteiger charge is -2.19. The molecule has 0 bridgehead atoms. The van der Waals surface area contributed by atoms with E-state index in [0.717, 1.165) is 35.9 Å². The second-order valence-corrected chi connectivity index (χ2v) is 5.07. The summed E-state index contributed by atoms with van der Waals surface area (Å²) < 4.78 is 7.47. The van der Waals surface area contributed by atoms with Crippen molar-refractivity contribution in [2.45, 2.75) is 26.3 Å². The van der Waals surface area contributed by atoms with E-state index in [4.69, 9.17) is 9.72 Å². The molecule has 0 saturated carbocycles. The number of hydrogen-bond acceptors (Lipinski definition) is 2. The quantitative estimate of drug-likeness (QED) is 0.809. The maximum atomic E-state index is 5.17. The summed E-state index contributed by atoms with van der Waals surface area (Å²) in [5, 5.41) is 0. The molecule has 2 aromatic rings. The largest absolute Gasteiger partial charge is 0.497 e. The minimum Gasteiger partial charge on any atom is -0.497 e. The number of imidazole rings is 1. The molecule has 0 amide bonds. The minimum atomic E-state index is 0.760. The number of nitrogens with zero attached hydrogens (tertiary/aromatic N) is 2. The molecule has 1 aliphatic heterocycles. The maximum Gasteiger partial charge on any atom is 0.118 e. The Morgan fingerprint density at radius 2 is 2.06 bits per heavy atom. The van der Waals surface area contributed by atoms with Crippen LogP contribution in [-0.4, -0.2) is 16.7 Å². The standard InChI is InChI=1S/C15H18N2O/c1-11-3-8-15-16-14(10-17(15)9-11)12-4-6-13(18-2)7-5-12/h4-7,10-11H,3,8-9H2,1-2H3. The maximum absolute atomic E-state index is 5.17. The van der Waals surface area contributed by atoms with Crippen molar-refractivity contribution in [2.75, 3.05) is 7.11 Å². The van der Waals surface area contributed by atoms with Crippen LogP contribution in [0.3, 0.4) is 0 Å². The summed E-state index contributed by atoms with van der Waals surface area (Å²) in [5.74, 6) is 2.87. The molecule has 0 saturated heterocycles. The van der Waals surface area contributed by atoms with Gasteiger partial charge in [0.25, 0.3) is 0 Å². The average Bonchev–Trinajstić information content (AvgIpc) is 2.81. The van der Waals surface area contributed by atoms with E-state index in [9.17, 15) is 0 Å². The van der Waals surface area contributed by atoms with Crippen molar-refractivity contribution in [3.05, 3.63) is 36.3 Å². The molecular weight excluding hydrogens is 224 g/mol. The van der Waals surface area contributed by atoms with E-state index in [2.05, 4.69) is 29.8 Å². The first-order chi connectivity index (χ1) is 8.76. The number of aromatic nitrogens is 2. The number of rotatable bonds is 2. The third kappa shape index (κ3) is 2.01. The molecule has 1 atom stereocenters. The number of ether oxygens (including phenoxy) is 1. The first-order valence-electron chi connectivity index (χ1n) is 6.47. The van der Waals surface area contributed by atoms with Crippen LogP contribution in [0.25, 0.3) is 11.3 Å². The van der Waals surface area contributed by atoms with Gasteiger partial charge in [0.2, 0.25) is 0 Å². The molecule has 0 aliphatic carbocycles. The molecule has 1 aliphatic rings. The Bertz CT molecular complexity index is 542. The predicted molar refractivity (Wildman–Crippen MR) is 71.7 cm³/mol. The van der Waals surface area contributed by atoms with Gasteiger partial charge in [0.15, 0.2) is 0 Å². The highest BCUT2D eigenvalue weighted by Gasteiger charge is 2.17. The Hall–Kier alpha value is -1.77. The van der Waals surface area contributed by atoms with Crippen LogP contribution >= 0.6 is 0 Å². The van der Waals surface area contributed by atoms with Crippen molar-refractivity contribution in [1.29, 1.82) is 0 Å². The number of aryl methyl sites for hydroxylation is 1. The number of fused-ring (bicyclic) bond motifs is 1. The third-order valence-corrected chi connectivity index (χ3v) is 3.61. The number of benzene rings is 1. The fourth-order valence-corrected chi connectivity index (χ4v) is 2.52. The molecule has 3 rings (SSSR count). The summed E-state index contributed by atoms with van der Waals surface area (Å²) in [6.07, 6.45) is 4.52. The normalized spacial score (nSPS) is 18.4. The molecule has 2 heterocycles. The highest BCUT2D eigenvalue weighted by atomic mass is 16.5. The van der Waals surface area contributed by atoms with E-state index in [-0.39, 0.29) is 0 Å². The molecule has 3 heteroatoms. The van der Waals surface area contributed by atoms with E-state index in [0.29, 0.717) is 0 Å². The van der Waals surface area contributed by atoms with Crippen LogP contribution in [0, 0.1) is 5.92 Å². The Morgan fingerprint density at radius 1 is 1.28 bits per heavy atom. The predicted octanol–water partition coefficient (Wildman–Crippen LogP) is 3.14. The molecule has 0 fully saturated rings. The van der Waals surface area contributed by atoms with E-state index < -0.39 is 0 Å². The summed E-state index contributed by atoms with van der Waals surface area (Å²) in [7, 11) is 1.69. The molecule has 1 unspecified atom stereocenters. The van der Waals surface area contributed by atoms with Crippen molar-refractivity contribution in [2.24, 2.45) is 5.92 Å². The zero-order valence-electron chi connectivity index (χ0n) is 10.9. The van der Waals surface area contributed by atoms with Gasteiger partial charge in [-0.1, -0.05) is 6.92 Å². The fourth-order valence-electron chi connectivity index (χ4n) is 2.52. The third-order valence-electron chi connectivity index (χ3n) is 3.61. The number of hydrogen-bond donors (Lipinski definition) is 0. The summed E-state index contributed by atoms with van der Waals surface area (Å²) >= 11 is 0. The molecule has 0 radical (unpaired) electrons. The highest BCUT2D eigenvalue weighted by molar-refractivity contribution is 5.59. The van der Waals surface area contributed by atoms with Crippen LogP contribution in [0.1, 0.15) is 19.2 Å².